The number of rotatable bonds is 45. The Labute approximate surface area is 440 Å². The maximum Gasteiger partial charge on any atom is 0.335 e. The average Bonchev–Trinajstić information content (AvgIpc) is 3.37. The molecule has 0 saturated carbocycles. The first-order valence-electron chi connectivity index (χ1n) is 27.9. The van der Waals surface area contributed by atoms with Gasteiger partial charge in [-0.25, -0.2) is 4.79 Å². The van der Waals surface area contributed by atoms with Gasteiger partial charge in [0.1, 0.15) is 18.8 Å². The molecule has 1 fully saturated rings. The fraction of sp³-hybridized carbons (Fsp3) is 0.639. The molecule has 0 aromatic carbocycles. The Kier molecular flexibility index (Phi) is 44.0. The first-order chi connectivity index (χ1) is 35.6. The van der Waals surface area contributed by atoms with E-state index in [1.165, 1.54) is 25.7 Å². The number of carboxylic acids is 1. The number of hydrogen-bond acceptors (Lipinski definition) is 11. The van der Waals surface area contributed by atoms with Crippen molar-refractivity contribution in [2.24, 2.45) is 0 Å². The highest BCUT2D eigenvalue weighted by molar-refractivity contribution is 5.74. The molecule has 1 heterocycles. The molecule has 1 aliphatic heterocycles. The predicted octanol–water partition coefficient (Wildman–Crippen LogP) is 13.9. The van der Waals surface area contributed by atoms with Gasteiger partial charge in [-0.3, -0.25) is 14.4 Å². The van der Waals surface area contributed by atoms with Crippen LogP contribution in [0.2, 0.25) is 0 Å². The minimum Gasteiger partial charge on any atom is -0.479 e. The van der Waals surface area contributed by atoms with Crippen LogP contribution in [0.15, 0.2) is 109 Å². The molecule has 0 aromatic rings. The van der Waals surface area contributed by atoms with Crippen LogP contribution in [0.5, 0.6) is 0 Å². The summed E-state index contributed by atoms with van der Waals surface area (Å²) in [5.41, 5.74) is 0. The van der Waals surface area contributed by atoms with Gasteiger partial charge in [-0.15, -0.1) is 0 Å². The number of aliphatic hydroxyl groups excluding tert-OH is 2. The zero-order chi connectivity index (χ0) is 53.3. The van der Waals surface area contributed by atoms with Crippen LogP contribution in [0.3, 0.4) is 0 Å². The summed E-state index contributed by atoms with van der Waals surface area (Å²) >= 11 is 0. The van der Waals surface area contributed by atoms with E-state index in [0.717, 1.165) is 116 Å². The first-order valence-corrected chi connectivity index (χ1v) is 27.9. The quantitative estimate of drug-likeness (QED) is 0.0228. The lowest BCUT2D eigenvalue weighted by molar-refractivity contribution is -0.301. The van der Waals surface area contributed by atoms with E-state index in [-0.39, 0.29) is 25.9 Å². The van der Waals surface area contributed by atoms with Gasteiger partial charge in [0, 0.05) is 19.3 Å². The van der Waals surface area contributed by atoms with Crippen molar-refractivity contribution in [3.05, 3.63) is 109 Å². The minimum absolute atomic E-state index is 0.0357. The summed E-state index contributed by atoms with van der Waals surface area (Å²) in [6.45, 7) is 5.64. The van der Waals surface area contributed by atoms with E-state index in [9.17, 15) is 34.5 Å². The number of carboxylic acid groups (broad SMARTS) is 1. The summed E-state index contributed by atoms with van der Waals surface area (Å²) in [4.78, 5) is 51.0. The summed E-state index contributed by atoms with van der Waals surface area (Å²) in [5, 5.41) is 31.4. The minimum atomic E-state index is -1.92. The summed E-state index contributed by atoms with van der Waals surface area (Å²) in [6.07, 6.45) is 52.2. The van der Waals surface area contributed by atoms with E-state index in [4.69, 9.17) is 23.7 Å². The van der Waals surface area contributed by atoms with Gasteiger partial charge in [0.05, 0.1) is 6.61 Å². The lowest BCUT2D eigenvalue weighted by Gasteiger charge is -2.40. The standard InChI is InChI=1S/C61H96O12/c1-4-7-10-13-16-19-22-25-27-30-32-35-38-41-44-47-53(62)69-50-52(71-54(63)48-45-42-39-36-34-31-28-26-23-20-17-14-11-8-5-2)51-70-61-59(57(66)56(65)58(73-61)60(67)68)72-55(64)49-46-43-40-37-33-29-24-21-18-15-12-9-6-3/h7-8,10-11,16-17,19-21,24-28,32,34-36,52,56-59,61,65-66H,4-6,9,12-15,18,22-23,29-31,33,37-51H2,1-3H3,(H,67,68)/b10-7-,11-8-,19-16-,20-17-,24-21-,27-25-,28-26-,35-32-,36-34-. The van der Waals surface area contributed by atoms with Crippen molar-refractivity contribution >= 4 is 23.9 Å². The van der Waals surface area contributed by atoms with Gasteiger partial charge in [-0.1, -0.05) is 169 Å². The van der Waals surface area contributed by atoms with E-state index >= 15 is 0 Å². The highest BCUT2D eigenvalue weighted by Gasteiger charge is 2.50. The molecular weight excluding hydrogens is 925 g/mol. The Morgan fingerprint density at radius 3 is 1.36 bits per heavy atom. The Bertz CT molecular complexity index is 1690. The van der Waals surface area contributed by atoms with Gasteiger partial charge in [-0.05, 0) is 122 Å². The summed E-state index contributed by atoms with van der Waals surface area (Å²) in [5.74, 6) is -3.26. The van der Waals surface area contributed by atoms with Crippen LogP contribution in [-0.4, -0.2) is 89.2 Å². The molecule has 0 bridgehead atoms. The van der Waals surface area contributed by atoms with Crippen molar-refractivity contribution in [1.82, 2.24) is 0 Å². The van der Waals surface area contributed by atoms with E-state index in [0.29, 0.717) is 19.3 Å². The first kappa shape index (κ1) is 66.4. The van der Waals surface area contributed by atoms with Gasteiger partial charge >= 0.3 is 23.9 Å². The normalized spacial score (nSPS) is 19.2. The molecule has 0 aliphatic carbocycles. The number of allylic oxidation sites excluding steroid dienone is 18. The number of carbonyl (C=O) groups excluding carboxylic acids is 3. The summed E-state index contributed by atoms with van der Waals surface area (Å²) < 4.78 is 28.3. The number of unbranched alkanes of at least 4 members (excludes halogenated alkanes) is 13. The van der Waals surface area contributed by atoms with Crippen molar-refractivity contribution < 1.29 is 58.2 Å². The van der Waals surface area contributed by atoms with E-state index in [1.807, 2.05) is 0 Å². The lowest BCUT2D eigenvalue weighted by atomic mass is 9.98. The zero-order valence-corrected chi connectivity index (χ0v) is 45.1. The van der Waals surface area contributed by atoms with Gasteiger partial charge in [-0.2, -0.15) is 0 Å². The van der Waals surface area contributed by atoms with Gasteiger partial charge < -0.3 is 39.0 Å². The largest absolute Gasteiger partial charge is 0.479 e. The lowest BCUT2D eigenvalue weighted by Crippen LogP contribution is -2.61. The maximum absolute atomic E-state index is 13.1. The van der Waals surface area contributed by atoms with E-state index in [2.05, 4.69) is 130 Å². The molecule has 412 valence electrons. The number of esters is 3. The number of aliphatic carboxylic acids is 1. The van der Waals surface area contributed by atoms with Crippen LogP contribution in [0.25, 0.3) is 0 Å². The van der Waals surface area contributed by atoms with Gasteiger partial charge in [0.15, 0.2) is 24.6 Å². The molecule has 0 amide bonds. The van der Waals surface area contributed by atoms with Gasteiger partial charge in [0.2, 0.25) is 0 Å². The van der Waals surface area contributed by atoms with Crippen molar-refractivity contribution in [3.63, 3.8) is 0 Å². The molecule has 6 unspecified atom stereocenters. The third-order valence-electron chi connectivity index (χ3n) is 11.8. The molecule has 6 atom stereocenters. The van der Waals surface area contributed by atoms with Crippen molar-refractivity contribution in [3.8, 4) is 0 Å². The third kappa shape index (κ3) is 38.6. The topological polar surface area (TPSA) is 175 Å². The highest BCUT2D eigenvalue weighted by atomic mass is 16.7. The Hall–Kier alpha value is -4.62. The number of carbonyl (C=O) groups is 4. The number of hydrogen-bond donors (Lipinski definition) is 3. The SMILES string of the molecule is CC/C=C\C/C=C\C/C=C\C/C=C\CCCCC(=O)OCC(COC1OC(C(=O)O)C(O)C(O)C1OC(=O)CCCCCCC/C=C\CCCCCC)OC(=O)CCCC/C=C\C/C=C\C/C=C\C/C=C\CC. The second-order valence-electron chi connectivity index (χ2n) is 18.4. The molecule has 0 aromatic heterocycles. The smallest absolute Gasteiger partial charge is 0.335 e. The predicted molar refractivity (Wildman–Crippen MR) is 294 cm³/mol. The monoisotopic (exact) mass is 1020 g/mol. The number of ether oxygens (including phenoxy) is 5. The van der Waals surface area contributed by atoms with Crippen molar-refractivity contribution in [2.45, 2.75) is 237 Å². The van der Waals surface area contributed by atoms with Gasteiger partial charge in [0.25, 0.3) is 0 Å². The van der Waals surface area contributed by atoms with Crippen LogP contribution < -0.4 is 0 Å². The summed E-state index contributed by atoms with van der Waals surface area (Å²) in [7, 11) is 0. The average molecular weight is 1020 g/mol. The van der Waals surface area contributed by atoms with Crippen LogP contribution in [-0.2, 0) is 42.9 Å². The second kappa shape index (κ2) is 48.3. The maximum atomic E-state index is 13.1. The van der Waals surface area contributed by atoms with E-state index in [1.54, 1.807) is 0 Å². The molecule has 0 spiro atoms. The molecule has 1 saturated heterocycles. The van der Waals surface area contributed by atoms with Crippen LogP contribution in [0.4, 0.5) is 0 Å². The molecule has 12 heteroatoms. The van der Waals surface area contributed by atoms with Crippen LogP contribution in [0.1, 0.15) is 201 Å². The molecule has 12 nitrogen and oxygen atoms in total. The molecule has 73 heavy (non-hydrogen) atoms. The fourth-order valence-corrected chi connectivity index (χ4v) is 7.58. The Morgan fingerprint density at radius 1 is 0.466 bits per heavy atom. The second-order valence-corrected chi connectivity index (χ2v) is 18.4. The molecule has 0 radical (unpaired) electrons. The molecule has 1 rings (SSSR count). The number of aliphatic hydroxyl groups is 2. The Balaban J connectivity index is 2.79. The molecular formula is C61H96O12. The zero-order valence-electron chi connectivity index (χ0n) is 45.1. The van der Waals surface area contributed by atoms with Crippen LogP contribution in [0, 0.1) is 0 Å². The summed E-state index contributed by atoms with van der Waals surface area (Å²) in [6, 6.07) is 0. The molecule has 3 N–H and O–H groups in total. The fourth-order valence-electron chi connectivity index (χ4n) is 7.58. The van der Waals surface area contributed by atoms with E-state index < -0.39 is 67.3 Å². The van der Waals surface area contributed by atoms with Crippen LogP contribution >= 0.6 is 0 Å². The van der Waals surface area contributed by atoms with Crippen molar-refractivity contribution in [2.75, 3.05) is 13.2 Å². The molecule has 1 aliphatic rings. The Morgan fingerprint density at radius 2 is 0.863 bits per heavy atom. The van der Waals surface area contributed by atoms with Crippen molar-refractivity contribution in [1.29, 1.82) is 0 Å². The highest BCUT2D eigenvalue weighted by Crippen LogP contribution is 2.26. The third-order valence-corrected chi connectivity index (χ3v) is 11.8.